The van der Waals surface area contributed by atoms with Crippen molar-refractivity contribution < 1.29 is 9.59 Å². The highest BCUT2D eigenvalue weighted by molar-refractivity contribution is 7.08. The van der Waals surface area contributed by atoms with Crippen molar-refractivity contribution in [2.24, 2.45) is 0 Å². The zero-order valence-corrected chi connectivity index (χ0v) is 14.9. The first-order chi connectivity index (χ1) is 11.1. The van der Waals surface area contributed by atoms with Crippen LogP contribution in [0.25, 0.3) is 0 Å². The molecule has 3 rings (SSSR count). The summed E-state index contributed by atoms with van der Waals surface area (Å²) in [6.07, 6.45) is 9.11. The van der Waals surface area contributed by atoms with Gasteiger partial charge in [0, 0.05) is 36.9 Å². The quantitative estimate of drug-likeness (QED) is 0.841. The Labute approximate surface area is 142 Å². The maximum absolute atomic E-state index is 12.8. The number of hydrogen-bond donors (Lipinski definition) is 0. The fraction of sp³-hybridized carbons (Fsp3) is 0.667. The van der Waals surface area contributed by atoms with E-state index in [2.05, 4.69) is 0 Å². The molecule has 0 aromatic carbocycles. The summed E-state index contributed by atoms with van der Waals surface area (Å²) in [6, 6.07) is 0.663. The third-order valence-corrected chi connectivity index (χ3v) is 6.25. The summed E-state index contributed by atoms with van der Waals surface area (Å²) in [5, 5.41) is 3.67. The molecular weight excluding hydrogens is 308 g/mol. The average Bonchev–Trinajstić information content (AvgIpc) is 3.33. The van der Waals surface area contributed by atoms with Crippen molar-refractivity contribution in [3.63, 3.8) is 0 Å². The van der Waals surface area contributed by atoms with Gasteiger partial charge in [0.2, 0.25) is 0 Å². The van der Waals surface area contributed by atoms with Crippen LogP contribution in [0.3, 0.4) is 0 Å². The second-order valence-electron chi connectivity index (χ2n) is 6.91. The molecule has 1 aromatic rings. The van der Waals surface area contributed by atoms with Crippen LogP contribution in [-0.2, 0) is 0 Å². The highest BCUT2D eigenvalue weighted by Crippen LogP contribution is 2.28. The van der Waals surface area contributed by atoms with Gasteiger partial charge in [0.05, 0.1) is 11.1 Å². The Hall–Kier alpha value is -1.36. The van der Waals surface area contributed by atoms with Crippen LogP contribution >= 0.6 is 11.3 Å². The van der Waals surface area contributed by atoms with Gasteiger partial charge in [-0.2, -0.15) is 11.3 Å². The Bertz CT molecular complexity index is 523. The number of nitrogens with zero attached hydrogens (tertiary/aromatic N) is 2. The zero-order chi connectivity index (χ0) is 16.4. The SMILES string of the molecule is CN(C(=O)c1cscc1C(=O)N(C)C1CCCC1)C1CCCC1. The Morgan fingerprint density at radius 1 is 0.826 bits per heavy atom. The lowest BCUT2D eigenvalue weighted by Gasteiger charge is -2.26. The number of amides is 2. The van der Waals surface area contributed by atoms with Gasteiger partial charge in [-0.25, -0.2) is 0 Å². The Morgan fingerprint density at radius 2 is 1.17 bits per heavy atom. The lowest BCUT2D eigenvalue weighted by atomic mass is 10.1. The van der Waals surface area contributed by atoms with Crippen molar-refractivity contribution in [2.45, 2.75) is 63.5 Å². The minimum absolute atomic E-state index is 0.00122. The second-order valence-corrected chi connectivity index (χ2v) is 7.65. The van der Waals surface area contributed by atoms with Crippen LogP contribution in [-0.4, -0.2) is 47.8 Å². The van der Waals surface area contributed by atoms with Crippen LogP contribution in [0.4, 0.5) is 0 Å². The maximum atomic E-state index is 12.8. The third kappa shape index (κ3) is 3.30. The van der Waals surface area contributed by atoms with Crippen LogP contribution in [0.5, 0.6) is 0 Å². The molecule has 4 nitrogen and oxygen atoms in total. The molecule has 0 atom stereocenters. The van der Waals surface area contributed by atoms with Gasteiger partial charge < -0.3 is 9.80 Å². The van der Waals surface area contributed by atoms with E-state index >= 15 is 0 Å². The molecule has 0 bridgehead atoms. The standard InChI is InChI=1S/C18H26N2O2S/c1-19(13-7-3-4-8-13)17(21)15-11-23-12-16(15)18(22)20(2)14-9-5-6-10-14/h11-14H,3-10H2,1-2H3. The van der Waals surface area contributed by atoms with Gasteiger partial charge in [-0.1, -0.05) is 25.7 Å². The molecule has 0 N–H and O–H groups in total. The summed E-state index contributed by atoms with van der Waals surface area (Å²) in [6.45, 7) is 0. The van der Waals surface area contributed by atoms with Crippen LogP contribution < -0.4 is 0 Å². The van der Waals surface area contributed by atoms with E-state index in [4.69, 9.17) is 0 Å². The predicted octanol–water partition coefficient (Wildman–Crippen LogP) is 3.78. The number of rotatable bonds is 4. The molecule has 2 aliphatic rings. The van der Waals surface area contributed by atoms with Crippen molar-refractivity contribution in [1.82, 2.24) is 9.80 Å². The normalized spacial score (nSPS) is 19.2. The van der Waals surface area contributed by atoms with Crippen LogP contribution in [0.2, 0.25) is 0 Å². The molecule has 0 aliphatic heterocycles. The molecule has 2 amide bonds. The lowest BCUT2D eigenvalue weighted by Crippen LogP contribution is -2.38. The number of hydrogen-bond acceptors (Lipinski definition) is 3. The molecule has 5 heteroatoms. The van der Waals surface area contributed by atoms with E-state index in [1.807, 2.05) is 34.7 Å². The Morgan fingerprint density at radius 3 is 1.52 bits per heavy atom. The van der Waals surface area contributed by atoms with Crippen molar-refractivity contribution in [2.75, 3.05) is 14.1 Å². The van der Waals surface area contributed by atoms with Crippen molar-refractivity contribution >= 4 is 23.2 Å². The lowest BCUT2D eigenvalue weighted by molar-refractivity contribution is 0.0696. The topological polar surface area (TPSA) is 40.6 Å². The van der Waals surface area contributed by atoms with Crippen LogP contribution in [0.1, 0.15) is 72.1 Å². The fourth-order valence-corrected chi connectivity index (χ4v) is 4.72. The molecular formula is C18H26N2O2S. The first-order valence-corrected chi connectivity index (χ1v) is 9.64. The van der Waals surface area contributed by atoms with Gasteiger partial charge in [-0.05, 0) is 25.7 Å². The van der Waals surface area contributed by atoms with Gasteiger partial charge >= 0.3 is 0 Å². The largest absolute Gasteiger partial charge is 0.339 e. The molecule has 23 heavy (non-hydrogen) atoms. The van der Waals surface area contributed by atoms with Crippen LogP contribution in [0, 0.1) is 0 Å². The summed E-state index contributed by atoms with van der Waals surface area (Å²) in [5.41, 5.74) is 1.17. The predicted molar refractivity (Wildman–Crippen MR) is 93.0 cm³/mol. The molecule has 2 saturated carbocycles. The molecule has 2 fully saturated rings. The maximum Gasteiger partial charge on any atom is 0.255 e. The van der Waals surface area contributed by atoms with Gasteiger partial charge in [0.15, 0.2) is 0 Å². The molecule has 0 spiro atoms. The first-order valence-electron chi connectivity index (χ1n) is 8.70. The summed E-state index contributed by atoms with van der Waals surface area (Å²) >= 11 is 1.45. The molecule has 1 aromatic heterocycles. The second kappa shape index (κ2) is 7.04. The Balaban J connectivity index is 1.75. The molecule has 2 aliphatic carbocycles. The first kappa shape index (κ1) is 16.5. The van der Waals surface area contributed by atoms with Crippen molar-refractivity contribution in [3.05, 3.63) is 21.9 Å². The smallest absolute Gasteiger partial charge is 0.255 e. The minimum atomic E-state index is 0.00122. The van der Waals surface area contributed by atoms with E-state index < -0.39 is 0 Å². The third-order valence-electron chi connectivity index (χ3n) is 5.51. The number of carbonyl (C=O) groups is 2. The van der Waals surface area contributed by atoms with E-state index in [0.717, 1.165) is 25.7 Å². The summed E-state index contributed by atoms with van der Waals surface area (Å²) in [7, 11) is 3.76. The summed E-state index contributed by atoms with van der Waals surface area (Å²) in [4.78, 5) is 29.3. The molecule has 0 saturated heterocycles. The van der Waals surface area contributed by atoms with Gasteiger partial charge in [-0.15, -0.1) is 0 Å². The van der Waals surface area contributed by atoms with E-state index in [9.17, 15) is 9.59 Å². The highest BCUT2D eigenvalue weighted by Gasteiger charge is 2.30. The van der Waals surface area contributed by atoms with Crippen molar-refractivity contribution in [1.29, 1.82) is 0 Å². The van der Waals surface area contributed by atoms with E-state index in [1.165, 1.54) is 37.0 Å². The molecule has 0 unspecified atom stereocenters. The van der Waals surface area contributed by atoms with Gasteiger partial charge in [-0.3, -0.25) is 9.59 Å². The fourth-order valence-electron chi connectivity index (χ4n) is 3.92. The molecule has 1 heterocycles. The minimum Gasteiger partial charge on any atom is -0.339 e. The zero-order valence-electron chi connectivity index (χ0n) is 14.1. The van der Waals surface area contributed by atoms with E-state index in [-0.39, 0.29) is 11.8 Å². The van der Waals surface area contributed by atoms with Gasteiger partial charge in [0.1, 0.15) is 0 Å². The monoisotopic (exact) mass is 334 g/mol. The molecule has 0 radical (unpaired) electrons. The Kier molecular flexibility index (Phi) is 5.05. The number of thiophene rings is 1. The van der Waals surface area contributed by atoms with Gasteiger partial charge in [0.25, 0.3) is 11.8 Å². The molecule has 126 valence electrons. The van der Waals surface area contributed by atoms with E-state index in [1.54, 1.807) is 0 Å². The number of carbonyl (C=O) groups excluding carboxylic acids is 2. The highest BCUT2D eigenvalue weighted by atomic mass is 32.1. The summed E-state index contributed by atoms with van der Waals surface area (Å²) in [5.74, 6) is 0.00245. The summed E-state index contributed by atoms with van der Waals surface area (Å²) < 4.78 is 0. The average molecular weight is 334 g/mol. The van der Waals surface area contributed by atoms with Crippen LogP contribution in [0.15, 0.2) is 10.8 Å². The van der Waals surface area contributed by atoms with E-state index in [0.29, 0.717) is 23.2 Å². The van der Waals surface area contributed by atoms with Crippen molar-refractivity contribution in [3.8, 4) is 0 Å².